The van der Waals surface area contributed by atoms with Crippen LogP contribution in [0.15, 0.2) is 54.7 Å². The lowest BCUT2D eigenvalue weighted by atomic mass is 10.1. The lowest BCUT2D eigenvalue weighted by Crippen LogP contribution is -1.95. The predicted octanol–water partition coefficient (Wildman–Crippen LogP) is 3.27. The fourth-order valence-corrected chi connectivity index (χ4v) is 1.96. The third-order valence-electron chi connectivity index (χ3n) is 2.92. The van der Waals surface area contributed by atoms with Crippen LogP contribution >= 0.6 is 0 Å². The maximum atomic E-state index is 9.59. The molecule has 0 saturated heterocycles. The van der Waals surface area contributed by atoms with Crippen molar-refractivity contribution in [2.24, 2.45) is 0 Å². The van der Waals surface area contributed by atoms with Crippen LogP contribution in [0.2, 0.25) is 0 Å². The number of pyridine rings is 1. The summed E-state index contributed by atoms with van der Waals surface area (Å²) in [7, 11) is 0. The van der Waals surface area contributed by atoms with Crippen LogP contribution in [0.25, 0.3) is 10.8 Å². The number of fused-ring (bicyclic) bond motifs is 1. The molecule has 0 unspecified atom stereocenters. The van der Waals surface area contributed by atoms with Crippen molar-refractivity contribution >= 4 is 28.0 Å². The molecule has 0 amide bonds. The number of nitrogens with zero attached hydrogens (tertiary/aromatic N) is 1. The molecular formula is C15H13N3O. The molecule has 4 N–H and O–H groups in total. The molecule has 0 bridgehead atoms. The van der Waals surface area contributed by atoms with Gasteiger partial charge < -0.3 is 16.2 Å². The van der Waals surface area contributed by atoms with Crippen LogP contribution in [-0.2, 0) is 0 Å². The van der Waals surface area contributed by atoms with Gasteiger partial charge >= 0.3 is 0 Å². The number of hydrogen-bond acceptors (Lipinski definition) is 4. The first kappa shape index (κ1) is 11.3. The van der Waals surface area contributed by atoms with Crippen LogP contribution in [-0.4, -0.2) is 10.1 Å². The van der Waals surface area contributed by atoms with Crippen molar-refractivity contribution in [2.45, 2.75) is 0 Å². The molecule has 3 rings (SSSR count). The number of aromatic hydroxyl groups is 1. The second-order valence-corrected chi connectivity index (χ2v) is 4.31. The molecule has 0 saturated carbocycles. The Bertz CT molecular complexity index is 723. The predicted molar refractivity (Wildman–Crippen MR) is 77.5 cm³/mol. The van der Waals surface area contributed by atoms with E-state index in [2.05, 4.69) is 10.3 Å². The van der Waals surface area contributed by atoms with E-state index in [0.717, 1.165) is 16.5 Å². The van der Waals surface area contributed by atoms with Crippen molar-refractivity contribution in [3.8, 4) is 5.75 Å². The average Bonchev–Trinajstić information content (AvgIpc) is 2.42. The molecular weight excluding hydrogens is 238 g/mol. The Morgan fingerprint density at radius 1 is 1.00 bits per heavy atom. The highest BCUT2D eigenvalue weighted by atomic mass is 16.3. The monoisotopic (exact) mass is 251 g/mol. The molecule has 0 aliphatic heterocycles. The molecule has 0 fully saturated rings. The number of nitrogens with one attached hydrogen (secondary N) is 1. The molecule has 4 heteroatoms. The average molecular weight is 251 g/mol. The van der Waals surface area contributed by atoms with Crippen molar-refractivity contribution < 1.29 is 5.11 Å². The first-order chi connectivity index (χ1) is 9.22. The van der Waals surface area contributed by atoms with Crippen LogP contribution in [0, 0.1) is 0 Å². The molecule has 1 heterocycles. The van der Waals surface area contributed by atoms with E-state index in [1.54, 1.807) is 18.3 Å². The van der Waals surface area contributed by atoms with Crippen molar-refractivity contribution in [1.29, 1.82) is 0 Å². The number of benzene rings is 2. The lowest BCUT2D eigenvalue weighted by Gasteiger charge is -2.09. The Morgan fingerprint density at radius 2 is 1.79 bits per heavy atom. The Hall–Kier alpha value is -2.75. The Labute approximate surface area is 110 Å². The summed E-state index contributed by atoms with van der Waals surface area (Å²) in [5, 5.41) is 14.7. The maximum absolute atomic E-state index is 9.59. The number of rotatable bonds is 2. The van der Waals surface area contributed by atoms with Crippen LogP contribution in [0.1, 0.15) is 0 Å². The van der Waals surface area contributed by atoms with Crippen molar-refractivity contribution in [2.75, 3.05) is 11.1 Å². The molecule has 0 radical (unpaired) electrons. The largest absolute Gasteiger partial charge is 0.508 e. The van der Waals surface area contributed by atoms with Gasteiger partial charge in [-0.1, -0.05) is 6.07 Å². The SMILES string of the molecule is Nc1ccc(Nc2nccc3ccc(O)cc23)cc1. The van der Waals surface area contributed by atoms with E-state index < -0.39 is 0 Å². The Balaban J connectivity index is 2.05. The molecule has 94 valence electrons. The molecule has 0 aliphatic rings. The summed E-state index contributed by atoms with van der Waals surface area (Å²) in [6, 6.07) is 14.5. The normalized spacial score (nSPS) is 10.5. The van der Waals surface area contributed by atoms with Gasteiger partial charge in [0.05, 0.1) is 0 Å². The quantitative estimate of drug-likeness (QED) is 0.611. The number of nitrogen functional groups attached to an aromatic ring is 1. The van der Waals surface area contributed by atoms with Crippen molar-refractivity contribution in [3.63, 3.8) is 0 Å². The molecule has 1 aromatic heterocycles. The highest BCUT2D eigenvalue weighted by molar-refractivity contribution is 5.94. The molecule has 3 aromatic rings. The summed E-state index contributed by atoms with van der Waals surface area (Å²) in [6.45, 7) is 0. The fourth-order valence-electron chi connectivity index (χ4n) is 1.96. The van der Waals surface area contributed by atoms with Crippen LogP contribution < -0.4 is 11.1 Å². The van der Waals surface area contributed by atoms with Crippen LogP contribution in [0.5, 0.6) is 5.75 Å². The van der Waals surface area contributed by atoms with Crippen molar-refractivity contribution in [1.82, 2.24) is 4.98 Å². The minimum atomic E-state index is 0.223. The van der Waals surface area contributed by atoms with Gasteiger partial charge in [-0.3, -0.25) is 0 Å². The van der Waals surface area contributed by atoms with Gasteiger partial charge in [0.2, 0.25) is 0 Å². The Kier molecular flexibility index (Phi) is 2.68. The lowest BCUT2D eigenvalue weighted by molar-refractivity contribution is 0.476. The van der Waals surface area contributed by atoms with E-state index in [-0.39, 0.29) is 5.75 Å². The maximum Gasteiger partial charge on any atom is 0.138 e. The van der Waals surface area contributed by atoms with E-state index in [0.29, 0.717) is 11.5 Å². The first-order valence-corrected chi connectivity index (χ1v) is 5.93. The summed E-state index contributed by atoms with van der Waals surface area (Å²) in [4.78, 5) is 4.31. The third-order valence-corrected chi connectivity index (χ3v) is 2.92. The van der Waals surface area contributed by atoms with E-state index in [9.17, 15) is 5.11 Å². The number of phenols is 1. The molecule has 19 heavy (non-hydrogen) atoms. The number of hydrogen-bond donors (Lipinski definition) is 3. The highest BCUT2D eigenvalue weighted by Gasteiger charge is 2.03. The van der Waals surface area contributed by atoms with Crippen LogP contribution in [0.4, 0.5) is 17.2 Å². The van der Waals surface area contributed by atoms with E-state index >= 15 is 0 Å². The summed E-state index contributed by atoms with van der Waals surface area (Å²) in [5.74, 6) is 0.930. The molecule has 0 aliphatic carbocycles. The van der Waals surface area contributed by atoms with E-state index in [1.165, 1.54) is 0 Å². The summed E-state index contributed by atoms with van der Waals surface area (Å²) < 4.78 is 0. The smallest absolute Gasteiger partial charge is 0.138 e. The molecule has 0 atom stereocenters. The van der Waals surface area contributed by atoms with Gasteiger partial charge in [-0.05, 0) is 47.9 Å². The van der Waals surface area contributed by atoms with Gasteiger partial charge in [-0.25, -0.2) is 4.98 Å². The summed E-state index contributed by atoms with van der Waals surface area (Å²) in [5.41, 5.74) is 7.27. The van der Waals surface area contributed by atoms with Crippen molar-refractivity contribution in [3.05, 3.63) is 54.7 Å². The number of anilines is 3. The summed E-state index contributed by atoms with van der Waals surface area (Å²) >= 11 is 0. The molecule has 0 spiro atoms. The second kappa shape index (κ2) is 4.49. The minimum Gasteiger partial charge on any atom is -0.508 e. The standard InChI is InChI=1S/C15H13N3O/c16-11-2-4-12(5-3-11)18-15-14-9-13(19)6-1-10(14)7-8-17-15/h1-9,19H,16H2,(H,17,18). The fraction of sp³-hybridized carbons (Fsp3) is 0. The zero-order chi connectivity index (χ0) is 13.2. The third kappa shape index (κ3) is 2.28. The van der Waals surface area contributed by atoms with Gasteiger partial charge in [-0.2, -0.15) is 0 Å². The van der Waals surface area contributed by atoms with Gasteiger partial charge in [-0.15, -0.1) is 0 Å². The summed E-state index contributed by atoms with van der Waals surface area (Å²) in [6.07, 6.45) is 1.74. The van der Waals surface area contributed by atoms with Gasteiger partial charge in [0.15, 0.2) is 0 Å². The first-order valence-electron chi connectivity index (χ1n) is 5.93. The molecule has 4 nitrogen and oxygen atoms in total. The second-order valence-electron chi connectivity index (χ2n) is 4.31. The zero-order valence-electron chi connectivity index (χ0n) is 10.2. The molecule has 2 aromatic carbocycles. The Morgan fingerprint density at radius 3 is 2.58 bits per heavy atom. The van der Waals surface area contributed by atoms with Gasteiger partial charge in [0, 0.05) is 23.0 Å². The number of phenolic OH excluding ortho intramolecular Hbond substituents is 1. The van der Waals surface area contributed by atoms with E-state index in [1.807, 2.05) is 36.4 Å². The minimum absolute atomic E-state index is 0.223. The number of nitrogens with two attached hydrogens (primary N) is 1. The van der Waals surface area contributed by atoms with Crippen LogP contribution in [0.3, 0.4) is 0 Å². The highest BCUT2D eigenvalue weighted by Crippen LogP contribution is 2.27. The van der Waals surface area contributed by atoms with Gasteiger partial charge in [0.1, 0.15) is 11.6 Å². The zero-order valence-corrected chi connectivity index (χ0v) is 10.2. The van der Waals surface area contributed by atoms with E-state index in [4.69, 9.17) is 5.73 Å². The number of aromatic nitrogens is 1. The topological polar surface area (TPSA) is 71.2 Å². The van der Waals surface area contributed by atoms with Gasteiger partial charge in [0.25, 0.3) is 0 Å².